The summed E-state index contributed by atoms with van der Waals surface area (Å²) in [5.41, 5.74) is 7.30. The summed E-state index contributed by atoms with van der Waals surface area (Å²) in [7, 11) is 0. The second-order valence-electron chi connectivity index (χ2n) is 9.48. The topological polar surface area (TPSA) is 82.5 Å². The molecule has 2 aromatic carbocycles. The number of aromatic nitrogens is 3. The zero-order chi connectivity index (χ0) is 23.9. The van der Waals surface area contributed by atoms with Crippen molar-refractivity contribution in [1.82, 2.24) is 19.9 Å². The highest BCUT2D eigenvalue weighted by atomic mass is 16.3. The molecular weight excluding hydrogens is 438 g/mol. The van der Waals surface area contributed by atoms with Gasteiger partial charge in [-0.25, -0.2) is 9.97 Å². The number of β-amino-alcohol motifs (C(OH)–C–C–N with tert-alkyl or cyclic N) is 1. The lowest BCUT2D eigenvalue weighted by molar-refractivity contribution is 0.0765. The lowest BCUT2D eigenvalue weighted by atomic mass is 9.96. The number of hydrogen-bond acceptors (Lipinski definition) is 6. The van der Waals surface area contributed by atoms with Crippen molar-refractivity contribution in [3.05, 3.63) is 83.4 Å². The van der Waals surface area contributed by atoms with Crippen LogP contribution in [0.15, 0.2) is 61.2 Å². The summed E-state index contributed by atoms with van der Waals surface area (Å²) in [6.45, 7) is 4.63. The standard InChI is InChI=1S/C28H27N5O2/c1-18-11-22(21-3-2-8-29-14-21)13-25-26(18)30-17-31-27(25)32-9-6-19-4-5-20(12-23(19)15-32)28(35)33-10-7-24(34)16-33/h2-5,8,11-14,17,24,34H,6-7,9-10,15-16H2,1H3/t24-/m1/s1. The molecule has 1 fully saturated rings. The number of amides is 1. The van der Waals surface area contributed by atoms with E-state index in [0.29, 0.717) is 31.6 Å². The summed E-state index contributed by atoms with van der Waals surface area (Å²) >= 11 is 0. The van der Waals surface area contributed by atoms with Crippen molar-refractivity contribution in [3.63, 3.8) is 0 Å². The van der Waals surface area contributed by atoms with Crippen LogP contribution >= 0.6 is 0 Å². The number of hydrogen-bond donors (Lipinski definition) is 1. The number of carbonyl (C=O) groups is 1. The summed E-state index contributed by atoms with van der Waals surface area (Å²) in [5.74, 6) is 0.902. The van der Waals surface area contributed by atoms with Gasteiger partial charge in [0.2, 0.25) is 0 Å². The van der Waals surface area contributed by atoms with Crippen LogP contribution in [0.1, 0.15) is 33.5 Å². The molecule has 2 aromatic heterocycles. The van der Waals surface area contributed by atoms with E-state index in [4.69, 9.17) is 4.98 Å². The van der Waals surface area contributed by atoms with Crippen LogP contribution in [0.25, 0.3) is 22.0 Å². The van der Waals surface area contributed by atoms with Gasteiger partial charge < -0.3 is 14.9 Å². The number of benzene rings is 2. The zero-order valence-electron chi connectivity index (χ0n) is 19.7. The van der Waals surface area contributed by atoms with Gasteiger partial charge in [0.25, 0.3) is 5.91 Å². The number of nitrogens with zero attached hydrogens (tertiary/aromatic N) is 5. The number of carbonyl (C=O) groups excluding carboxylic acids is 1. The van der Waals surface area contributed by atoms with Gasteiger partial charge in [0.15, 0.2) is 0 Å². The van der Waals surface area contributed by atoms with Gasteiger partial charge in [0.1, 0.15) is 12.1 Å². The number of aliphatic hydroxyl groups is 1. The average Bonchev–Trinajstić information content (AvgIpc) is 3.34. The van der Waals surface area contributed by atoms with Crippen LogP contribution in [0.5, 0.6) is 0 Å². The summed E-state index contributed by atoms with van der Waals surface area (Å²) in [6.07, 6.45) is 6.41. The van der Waals surface area contributed by atoms with Crippen LogP contribution in [0.3, 0.4) is 0 Å². The van der Waals surface area contributed by atoms with Crippen LogP contribution < -0.4 is 4.90 Å². The van der Waals surface area contributed by atoms with Crippen LogP contribution in [-0.4, -0.2) is 56.6 Å². The van der Waals surface area contributed by atoms with Gasteiger partial charge in [0, 0.05) is 55.1 Å². The molecule has 176 valence electrons. The number of likely N-dealkylation sites (tertiary alicyclic amines) is 1. The molecule has 6 rings (SSSR count). The molecule has 1 amide bonds. The Hall–Kier alpha value is -3.84. The fraction of sp³-hybridized carbons (Fsp3) is 0.286. The monoisotopic (exact) mass is 465 g/mol. The summed E-state index contributed by atoms with van der Waals surface area (Å²) in [6, 6.07) is 14.3. The van der Waals surface area contributed by atoms with Gasteiger partial charge in [-0.3, -0.25) is 9.78 Å². The van der Waals surface area contributed by atoms with Gasteiger partial charge in [-0.2, -0.15) is 0 Å². The molecule has 4 heterocycles. The quantitative estimate of drug-likeness (QED) is 0.496. The Bertz CT molecular complexity index is 1420. The molecule has 7 heteroatoms. The Labute approximate surface area is 204 Å². The van der Waals surface area contributed by atoms with Crippen molar-refractivity contribution >= 4 is 22.6 Å². The number of anilines is 1. The third kappa shape index (κ3) is 4.02. The lowest BCUT2D eigenvalue weighted by Gasteiger charge is -2.31. The van der Waals surface area contributed by atoms with Gasteiger partial charge in [-0.1, -0.05) is 12.1 Å². The molecule has 4 aromatic rings. The van der Waals surface area contributed by atoms with Crippen molar-refractivity contribution < 1.29 is 9.90 Å². The minimum Gasteiger partial charge on any atom is -0.391 e. The number of rotatable bonds is 3. The molecule has 0 bridgehead atoms. The summed E-state index contributed by atoms with van der Waals surface area (Å²) in [4.78, 5) is 30.6. The molecule has 0 spiro atoms. The Morgan fingerprint density at radius 1 is 1.06 bits per heavy atom. The van der Waals surface area contributed by atoms with Crippen LogP contribution in [0.2, 0.25) is 0 Å². The van der Waals surface area contributed by atoms with E-state index in [0.717, 1.165) is 51.9 Å². The fourth-order valence-corrected chi connectivity index (χ4v) is 5.26. The molecule has 0 radical (unpaired) electrons. The largest absolute Gasteiger partial charge is 0.391 e. The Morgan fingerprint density at radius 2 is 1.97 bits per heavy atom. The van der Waals surface area contributed by atoms with Gasteiger partial charge in [-0.15, -0.1) is 0 Å². The number of aliphatic hydroxyl groups excluding tert-OH is 1. The van der Waals surface area contributed by atoms with E-state index in [1.54, 1.807) is 17.4 Å². The molecule has 7 nitrogen and oxygen atoms in total. The predicted octanol–water partition coefficient (Wildman–Crippen LogP) is 3.77. The van der Waals surface area contributed by atoms with E-state index in [-0.39, 0.29) is 5.91 Å². The second kappa shape index (κ2) is 8.74. The smallest absolute Gasteiger partial charge is 0.253 e. The zero-order valence-corrected chi connectivity index (χ0v) is 19.7. The first kappa shape index (κ1) is 21.7. The molecule has 1 saturated heterocycles. The molecule has 2 aliphatic rings. The maximum absolute atomic E-state index is 13.0. The Balaban J connectivity index is 1.35. The van der Waals surface area contributed by atoms with Gasteiger partial charge in [0.05, 0.1) is 11.6 Å². The molecule has 0 aliphatic carbocycles. The molecule has 0 saturated carbocycles. The van der Waals surface area contributed by atoms with Crippen LogP contribution in [-0.2, 0) is 13.0 Å². The highest BCUT2D eigenvalue weighted by molar-refractivity contribution is 5.96. The SMILES string of the molecule is Cc1cc(-c2cccnc2)cc2c(N3CCc4ccc(C(=O)N5CC[C@@H](O)C5)cc4C3)ncnc12. The molecular formula is C28H27N5O2. The highest BCUT2D eigenvalue weighted by Gasteiger charge is 2.27. The van der Waals surface area contributed by atoms with Gasteiger partial charge in [-0.05, 0) is 72.4 Å². The first-order chi connectivity index (χ1) is 17.1. The first-order valence-electron chi connectivity index (χ1n) is 12.1. The average molecular weight is 466 g/mol. The lowest BCUT2D eigenvalue weighted by Crippen LogP contribution is -2.32. The highest BCUT2D eigenvalue weighted by Crippen LogP contribution is 2.33. The maximum atomic E-state index is 13.0. The molecule has 35 heavy (non-hydrogen) atoms. The first-order valence-corrected chi connectivity index (χ1v) is 12.1. The third-order valence-electron chi connectivity index (χ3n) is 7.12. The number of pyridine rings is 1. The van der Waals surface area contributed by atoms with Crippen molar-refractivity contribution in [2.75, 3.05) is 24.5 Å². The van der Waals surface area contributed by atoms with Gasteiger partial charge >= 0.3 is 0 Å². The Morgan fingerprint density at radius 3 is 2.77 bits per heavy atom. The van der Waals surface area contributed by atoms with Crippen molar-refractivity contribution in [2.24, 2.45) is 0 Å². The van der Waals surface area contributed by atoms with E-state index in [9.17, 15) is 9.90 Å². The minimum absolute atomic E-state index is 0.00861. The van der Waals surface area contributed by atoms with E-state index < -0.39 is 6.10 Å². The third-order valence-corrected chi connectivity index (χ3v) is 7.12. The summed E-state index contributed by atoms with van der Waals surface area (Å²) in [5, 5.41) is 10.9. The fourth-order valence-electron chi connectivity index (χ4n) is 5.26. The van der Waals surface area contributed by atoms with Crippen molar-refractivity contribution in [1.29, 1.82) is 0 Å². The molecule has 1 N–H and O–H groups in total. The van der Waals surface area contributed by atoms with Crippen LogP contribution in [0.4, 0.5) is 5.82 Å². The van der Waals surface area contributed by atoms with E-state index in [2.05, 4.69) is 46.1 Å². The van der Waals surface area contributed by atoms with Crippen molar-refractivity contribution in [3.8, 4) is 11.1 Å². The second-order valence-corrected chi connectivity index (χ2v) is 9.48. The van der Waals surface area contributed by atoms with E-state index >= 15 is 0 Å². The normalized spacial score (nSPS) is 17.6. The number of aryl methyl sites for hydroxylation is 1. The molecule has 1 atom stereocenters. The minimum atomic E-state index is -0.418. The van der Waals surface area contributed by atoms with Crippen molar-refractivity contribution in [2.45, 2.75) is 32.4 Å². The molecule has 2 aliphatic heterocycles. The van der Waals surface area contributed by atoms with E-state index in [1.165, 1.54) is 5.56 Å². The Kier molecular flexibility index (Phi) is 5.41. The van der Waals surface area contributed by atoms with Crippen LogP contribution in [0, 0.1) is 6.92 Å². The molecule has 0 unspecified atom stereocenters. The summed E-state index contributed by atoms with van der Waals surface area (Å²) < 4.78 is 0. The predicted molar refractivity (Wildman–Crippen MR) is 135 cm³/mol. The van der Waals surface area contributed by atoms with E-state index in [1.807, 2.05) is 24.4 Å². The maximum Gasteiger partial charge on any atom is 0.253 e. The number of fused-ring (bicyclic) bond motifs is 2.